The molecule has 0 aromatic heterocycles. The van der Waals surface area contributed by atoms with Gasteiger partial charge in [0.25, 0.3) is 5.91 Å². The number of amides is 2. The fraction of sp³-hybridized carbons (Fsp3) is 0.692. The molecule has 0 aromatic rings. The van der Waals surface area contributed by atoms with Crippen LogP contribution in [0.1, 0.15) is 19.8 Å². The molecule has 0 bridgehead atoms. The molecule has 0 saturated carbocycles. The van der Waals surface area contributed by atoms with E-state index in [1.165, 1.54) is 12.1 Å². The largest absolute Gasteiger partial charge is 0.469 e. The summed E-state index contributed by atoms with van der Waals surface area (Å²) < 4.78 is 4.75. The van der Waals surface area contributed by atoms with Gasteiger partial charge in [0.05, 0.1) is 13.0 Å². The highest BCUT2D eigenvalue weighted by atomic mass is 16.5. The Morgan fingerprint density at radius 2 is 2.00 bits per heavy atom. The Morgan fingerprint density at radius 1 is 1.30 bits per heavy atom. The Morgan fingerprint density at radius 3 is 2.60 bits per heavy atom. The number of hydrazone groups is 1. The van der Waals surface area contributed by atoms with Crippen LogP contribution < -0.4 is 0 Å². The Hall–Kier alpha value is -1.92. The van der Waals surface area contributed by atoms with Gasteiger partial charge in [-0.15, -0.1) is 0 Å². The average molecular weight is 281 g/mol. The average Bonchev–Trinajstić information content (AvgIpc) is 2.82. The van der Waals surface area contributed by atoms with Crippen LogP contribution in [0.15, 0.2) is 5.10 Å². The second kappa shape index (κ2) is 5.60. The maximum Gasteiger partial charge on any atom is 0.310 e. The first-order valence-electron chi connectivity index (χ1n) is 6.65. The first-order chi connectivity index (χ1) is 9.43. The minimum Gasteiger partial charge on any atom is -0.469 e. The molecular weight excluding hydrogens is 262 g/mol. The predicted octanol–water partition coefficient (Wildman–Crippen LogP) is -0.138. The summed E-state index contributed by atoms with van der Waals surface area (Å²) >= 11 is 0. The van der Waals surface area contributed by atoms with E-state index in [9.17, 15) is 14.4 Å². The topological polar surface area (TPSA) is 79.3 Å². The van der Waals surface area contributed by atoms with Crippen molar-refractivity contribution in [2.45, 2.75) is 19.8 Å². The molecule has 7 heteroatoms. The standard InChI is InChI=1S/C13H19N3O4/c1-8-6-16(7-9(8)13(19)20-3)12(18)10-4-5-11(17)15(2)14-10/h8-9H,4-7H2,1-3H3. The zero-order valence-corrected chi connectivity index (χ0v) is 12.0. The van der Waals surface area contributed by atoms with Crippen LogP contribution in [0.2, 0.25) is 0 Å². The van der Waals surface area contributed by atoms with Crippen molar-refractivity contribution in [2.75, 3.05) is 27.2 Å². The lowest BCUT2D eigenvalue weighted by Gasteiger charge is -2.22. The molecule has 0 N–H and O–H groups in total. The number of esters is 1. The molecule has 0 spiro atoms. The quantitative estimate of drug-likeness (QED) is 0.660. The molecule has 2 atom stereocenters. The smallest absolute Gasteiger partial charge is 0.310 e. The van der Waals surface area contributed by atoms with Crippen molar-refractivity contribution >= 4 is 23.5 Å². The van der Waals surface area contributed by atoms with Crippen LogP contribution >= 0.6 is 0 Å². The van der Waals surface area contributed by atoms with Gasteiger partial charge >= 0.3 is 5.97 Å². The van der Waals surface area contributed by atoms with E-state index >= 15 is 0 Å². The van der Waals surface area contributed by atoms with E-state index < -0.39 is 0 Å². The number of nitrogens with zero attached hydrogens (tertiary/aromatic N) is 3. The van der Waals surface area contributed by atoms with E-state index in [-0.39, 0.29) is 29.6 Å². The third kappa shape index (κ3) is 2.66. The van der Waals surface area contributed by atoms with Crippen molar-refractivity contribution in [1.29, 1.82) is 0 Å². The molecule has 2 unspecified atom stereocenters. The predicted molar refractivity (Wildman–Crippen MR) is 70.7 cm³/mol. The van der Waals surface area contributed by atoms with Gasteiger partial charge in [0.1, 0.15) is 5.71 Å². The van der Waals surface area contributed by atoms with E-state index in [1.807, 2.05) is 6.92 Å². The summed E-state index contributed by atoms with van der Waals surface area (Å²) in [6.45, 7) is 2.78. The fourth-order valence-corrected chi connectivity index (χ4v) is 2.60. The van der Waals surface area contributed by atoms with Gasteiger partial charge in [-0.25, -0.2) is 5.01 Å². The van der Waals surface area contributed by atoms with Crippen LogP contribution in [-0.4, -0.2) is 60.7 Å². The van der Waals surface area contributed by atoms with Crippen molar-refractivity contribution in [3.05, 3.63) is 0 Å². The summed E-state index contributed by atoms with van der Waals surface area (Å²) in [7, 11) is 2.89. The molecule has 0 aliphatic carbocycles. The van der Waals surface area contributed by atoms with Gasteiger partial charge in [0.2, 0.25) is 5.91 Å². The van der Waals surface area contributed by atoms with Crippen molar-refractivity contribution < 1.29 is 19.1 Å². The summed E-state index contributed by atoms with van der Waals surface area (Å²) in [6, 6.07) is 0. The molecule has 2 aliphatic rings. The Kier molecular flexibility index (Phi) is 4.06. The molecule has 0 radical (unpaired) electrons. The number of hydrogen-bond acceptors (Lipinski definition) is 5. The number of hydrogen-bond donors (Lipinski definition) is 0. The van der Waals surface area contributed by atoms with Crippen molar-refractivity contribution in [3.63, 3.8) is 0 Å². The highest BCUT2D eigenvalue weighted by molar-refractivity contribution is 6.39. The number of carbonyl (C=O) groups excluding carboxylic acids is 3. The highest BCUT2D eigenvalue weighted by Crippen LogP contribution is 2.25. The second-order valence-electron chi connectivity index (χ2n) is 5.28. The van der Waals surface area contributed by atoms with Crippen LogP contribution in [0.4, 0.5) is 0 Å². The van der Waals surface area contributed by atoms with E-state index in [0.717, 1.165) is 0 Å². The van der Waals surface area contributed by atoms with Gasteiger partial charge in [-0.1, -0.05) is 6.92 Å². The molecule has 2 heterocycles. The lowest BCUT2D eigenvalue weighted by atomic mass is 9.99. The fourth-order valence-electron chi connectivity index (χ4n) is 2.60. The number of methoxy groups -OCH3 is 1. The number of likely N-dealkylation sites (tertiary alicyclic amines) is 1. The minimum atomic E-state index is -0.286. The zero-order valence-electron chi connectivity index (χ0n) is 12.0. The van der Waals surface area contributed by atoms with Gasteiger partial charge in [-0.3, -0.25) is 14.4 Å². The molecule has 1 saturated heterocycles. The first-order valence-corrected chi connectivity index (χ1v) is 6.65. The van der Waals surface area contributed by atoms with E-state index in [4.69, 9.17) is 4.74 Å². The van der Waals surface area contributed by atoms with E-state index in [1.54, 1.807) is 11.9 Å². The number of ether oxygens (including phenoxy) is 1. The summed E-state index contributed by atoms with van der Waals surface area (Å²) in [5.74, 6) is -0.792. The molecule has 7 nitrogen and oxygen atoms in total. The molecule has 2 rings (SSSR count). The molecule has 0 aromatic carbocycles. The first kappa shape index (κ1) is 14.5. The van der Waals surface area contributed by atoms with Gasteiger partial charge < -0.3 is 9.64 Å². The zero-order chi connectivity index (χ0) is 14.9. The highest BCUT2D eigenvalue weighted by Gasteiger charge is 2.39. The van der Waals surface area contributed by atoms with Crippen LogP contribution in [0.25, 0.3) is 0 Å². The normalized spacial score (nSPS) is 26.6. The van der Waals surface area contributed by atoms with Gasteiger partial charge in [-0.05, 0) is 5.92 Å². The Bertz CT molecular complexity index is 474. The maximum absolute atomic E-state index is 12.4. The Labute approximate surface area is 117 Å². The third-order valence-electron chi connectivity index (χ3n) is 3.86. The van der Waals surface area contributed by atoms with Crippen LogP contribution in [0, 0.1) is 11.8 Å². The summed E-state index contributed by atoms with van der Waals surface area (Å²) in [5, 5.41) is 5.22. The van der Waals surface area contributed by atoms with Crippen LogP contribution in [0.3, 0.4) is 0 Å². The molecule has 1 fully saturated rings. The van der Waals surface area contributed by atoms with Gasteiger partial charge in [0.15, 0.2) is 0 Å². The summed E-state index contributed by atoms with van der Waals surface area (Å²) in [5.41, 5.74) is 0.379. The third-order valence-corrected chi connectivity index (χ3v) is 3.86. The van der Waals surface area contributed by atoms with Crippen LogP contribution in [0.5, 0.6) is 0 Å². The number of carbonyl (C=O) groups is 3. The molecule has 2 aliphatic heterocycles. The van der Waals surface area contributed by atoms with Crippen molar-refractivity contribution in [3.8, 4) is 0 Å². The Balaban J connectivity index is 2.06. The van der Waals surface area contributed by atoms with E-state index in [0.29, 0.717) is 31.6 Å². The van der Waals surface area contributed by atoms with Crippen molar-refractivity contribution in [1.82, 2.24) is 9.91 Å². The minimum absolute atomic E-state index is 0.0648. The molecule has 110 valence electrons. The molecular formula is C13H19N3O4. The van der Waals surface area contributed by atoms with Gasteiger partial charge in [-0.2, -0.15) is 5.10 Å². The maximum atomic E-state index is 12.4. The molecule has 2 amide bonds. The van der Waals surface area contributed by atoms with E-state index in [2.05, 4.69) is 5.10 Å². The van der Waals surface area contributed by atoms with Crippen LogP contribution in [-0.2, 0) is 19.1 Å². The SMILES string of the molecule is COC(=O)C1CN(C(=O)C2=NN(C)C(=O)CC2)CC1C. The summed E-state index contributed by atoms with van der Waals surface area (Å²) in [6.07, 6.45) is 0.653. The monoisotopic (exact) mass is 281 g/mol. The van der Waals surface area contributed by atoms with Crippen molar-refractivity contribution in [2.24, 2.45) is 16.9 Å². The lowest BCUT2D eigenvalue weighted by molar-refractivity contribution is -0.146. The number of rotatable bonds is 2. The van der Waals surface area contributed by atoms with Gasteiger partial charge in [0, 0.05) is 33.0 Å². The summed E-state index contributed by atoms with van der Waals surface area (Å²) in [4.78, 5) is 36.9. The lowest BCUT2D eigenvalue weighted by Crippen LogP contribution is -2.40. The molecule has 20 heavy (non-hydrogen) atoms. The second-order valence-corrected chi connectivity index (χ2v) is 5.28.